The lowest BCUT2D eigenvalue weighted by atomic mass is 10.0. The van der Waals surface area contributed by atoms with Crippen LogP contribution < -0.4 is 5.32 Å². The molecule has 0 bridgehead atoms. The lowest BCUT2D eigenvalue weighted by Gasteiger charge is -2.31. The van der Waals surface area contributed by atoms with Crippen LogP contribution in [-0.2, 0) is 11.2 Å². The molecule has 0 radical (unpaired) electrons. The van der Waals surface area contributed by atoms with Crippen LogP contribution >= 0.6 is 23.2 Å². The van der Waals surface area contributed by atoms with E-state index in [1.165, 1.54) is 5.56 Å². The maximum atomic E-state index is 6.24. The summed E-state index contributed by atoms with van der Waals surface area (Å²) in [5.41, 5.74) is 2.31. The monoisotopic (exact) mass is 321 g/mol. The zero-order valence-electron chi connectivity index (χ0n) is 11.6. The SMILES string of the molecule is Clc1ccc(C2CNC(Cc3ccccc3)CO2)c(Cl)c1. The summed E-state index contributed by atoms with van der Waals surface area (Å²) in [6.07, 6.45) is 0.962. The lowest BCUT2D eigenvalue weighted by Crippen LogP contribution is -2.44. The van der Waals surface area contributed by atoms with Gasteiger partial charge in [0, 0.05) is 28.2 Å². The van der Waals surface area contributed by atoms with Crippen molar-refractivity contribution in [1.29, 1.82) is 0 Å². The Morgan fingerprint density at radius 1 is 1.10 bits per heavy atom. The Balaban J connectivity index is 1.60. The highest BCUT2D eigenvalue weighted by Crippen LogP contribution is 2.29. The molecule has 21 heavy (non-hydrogen) atoms. The minimum absolute atomic E-state index is 0.0122. The third-order valence-electron chi connectivity index (χ3n) is 3.72. The van der Waals surface area contributed by atoms with Gasteiger partial charge in [0.15, 0.2) is 0 Å². The van der Waals surface area contributed by atoms with Gasteiger partial charge in [-0.05, 0) is 24.1 Å². The fourth-order valence-electron chi connectivity index (χ4n) is 2.62. The number of halogens is 2. The molecular formula is C17H17Cl2NO. The zero-order chi connectivity index (χ0) is 14.7. The molecule has 2 unspecified atom stereocenters. The maximum Gasteiger partial charge on any atom is 0.0964 e. The predicted octanol–water partition coefficient (Wildman–Crippen LogP) is 4.27. The third kappa shape index (κ3) is 3.78. The molecule has 110 valence electrons. The van der Waals surface area contributed by atoms with E-state index in [1.54, 1.807) is 6.07 Å². The van der Waals surface area contributed by atoms with Gasteiger partial charge in [0.05, 0.1) is 12.7 Å². The summed E-state index contributed by atoms with van der Waals surface area (Å²) in [5, 5.41) is 4.85. The Morgan fingerprint density at radius 2 is 1.90 bits per heavy atom. The largest absolute Gasteiger partial charge is 0.371 e. The van der Waals surface area contributed by atoms with Crippen molar-refractivity contribution in [1.82, 2.24) is 5.32 Å². The summed E-state index contributed by atoms with van der Waals surface area (Å²) < 4.78 is 5.98. The normalized spacial score (nSPS) is 22.2. The molecule has 1 N–H and O–H groups in total. The molecule has 0 aliphatic carbocycles. The molecule has 0 saturated carbocycles. The van der Waals surface area contributed by atoms with Crippen LogP contribution in [-0.4, -0.2) is 19.2 Å². The van der Waals surface area contributed by atoms with E-state index in [0.717, 1.165) is 18.5 Å². The minimum Gasteiger partial charge on any atom is -0.371 e. The Morgan fingerprint density at radius 3 is 2.57 bits per heavy atom. The quantitative estimate of drug-likeness (QED) is 0.911. The molecule has 0 aromatic heterocycles. The van der Waals surface area contributed by atoms with Gasteiger partial charge < -0.3 is 10.1 Å². The Kier molecular flexibility index (Phi) is 4.81. The summed E-state index contributed by atoms with van der Waals surface area (Å²) in [6, 6.07) is 16.3. The Labute approximate surface area is 135 Å². The van der Waals surface area contributed by atoms with E-state index in [0.29, 0.717) is 22.7 Å². The summed E-state index contributed by atoms with van der Waals surface area (Å²) in [6.45, 7) is 1.44. The van der Waals surface area contributed by atoms with Crippen LogP contribution in [0.25, 0.3) is 0 Å². The molecule has 0 amide bonds. The van der Waals surface area contributed by atoms with Crippen molar-refractivity contribution in [3.63, 3.8) is 0 Å². The molecule has 2 aromatic rings. The predicted molar refractivity (Wildman–Crippen MR) is 87.1 cm³/mol. The van der Waals surface area contributed by atoms with Crippen molar-refractivity contribution in [3.05, 3.63) is 69.7 Å². The molecule has 1 aliphatic heterocycles. The standard InChI is InChI=1S/C17H17Cl2NO/c18-13-6-7-15(16(19)9-13)17-10-20-14(11-21-17)8-12-4-2-1-3-5-12/h1-7,9,14,17,20H,8,10-11H2. The van der Waals surface area contributed by atoms with Gasteiger partial charge in [0.2, 0.25) is 0 Å². The van der Waals surface area contributed by atoms with Gasteiger partial charge in [-0.15, -0.1) is 0 Å². The zero-order valence-corrected chi connectivity index (χ0v) is 13.1. The number of morpholine rings is 1. The van der Waals surface area contributed by atoms with Crippen LogP contribution in [0.15, 0.2) is 48.5 Å². The highest BCUT2D eigenvalue weighted by molar-refractivity contribution is 6.35. The van der Waals surface area contributed by atoms with Crippen LogP contribution in [0.3, 0.4) is 0 Å². The van der Waals surface area contributed by atoms with Gasteiger partial charge in [-0.25, -0.2) is 0 Å². The van der Waals surface area contributed by atoms with Gasteiger partial charge in [0.25, 0.3) is 0 Å². The van der Waals surface area contributed by atoms with Crippen molar-refractivity contribution in [3.8, 4) is 0 Å². The molecule has 2 aromatic carbocycles. The van der Waals surface area contributed by atoms with Crippen molar-refractivity contribution in [2.75, 3.05) is 13.2 Å². The number of nitrogens with one attached hydrogen (secondary N) is 1. The van der Waals surface area contributed by atoms with E-state index in [4.69, 9.17) is 27.9 Å². The first-order valence-corrected chi connectivity index (χ1v) is 7.82. The first-order chi connectivity index (χ1) is 10.2. The van der Waals surface area contributed by atoms with Gasteiger partial charge in [-0.3, -0.25) is 0 Å². The molecule has 2 nitrogen and oxygen atoms in total. The van der Waals surface area contributed by atoms with E-state index in [2.05, 4.69) is 29.6 Å². The first-order valence-electron chi connectivity index (χ1n) is 7.06. The summed E-state index contributed by atoms with van der Waals surface area (Å²) in [4.78, 5) is 0. The number of rotatable bonds is 3. The first kappa shape index (κ1) is 14.9. The van der Waals surface area contributed by atoms with Crippen LogP contribution in [0.1, 0.15) is 17.2 Å². The minimum atomic E-state index is -0.0122. The van der Waals surface area contributed by atoms with Crippen LogP contribution in [0.5, 0.6) is 0 Å². The summed E-state index contributed by atoms with van der Waals surface area (Å²) in [5.74, 6) is 0. The van der Waals surface area contributed by atoms with E-state index in [-0.39, 0.29) is 6.10 Å². The van der Waals surface area contributed by atoms with E-state index >= 15 is 0 Å². The van der Waals surface area contributed by atoms with E-state index in [1.807, 2.05) is 18.2 Å². The Bertz CT molecular complexity index is 595. The molecule has 0 spiro atoms. The fourth-order valence-corrected chi connectivity index (χ4v) is 3.15. The molecule has 2 atom stereocenters. The van der Waals surface area contributed by atoms with Crippen molar-refractivity contribution >= 4 is 23.2 Å². The molecule has 1 saturated heterocycles. The van der Waals surface area contributed by atoms with Gasteiger partial charge >= 0.3 is 0 Å². The Hall–Kier alpha value is -1.06. The second-order valence-electron chi connectivity index (χ2n) is 5.28. The second kappa shape index (κ2) is 6.80. The average Bonchev–Trinajstić information content (AvgIpc) is 2.49. The van der Waals surface area contributed by atoms with E-state index in [9.17, 15) is 0 Å². The van der Waals surface area contributed by atoms with Gasteiger partial charge in [0.1, 0.15) is 0 Å². The fraction of sp³-hybridized carbons (Fsp3) is 0.294. The molecule has 4 heteroatoms. The molecule has 1 aliphatic rings. The van der Waals surface area contributed by atoms with Crippen molar-refractivity contribution < 1.29 is 4.74 Å². The van der Waals surface area contributed by atoms with Crippen molar-refractivity contribution in [2.24, 2.45) is 0 Å². The topological polar surface area (TPSA) is 21.3 Å². The van der Waals surface area contributed by atoms with E-state index < -0.39 is 0 Å². The third-order valence-corrected chi connectivity index (χ3v) is 4.29. The smallest absolute Gasteiger partial charge is 0.0964 e. The molecule has 1 fully saturated rings. The average molecular weight is 322 g/mol. The number of hydrogen-bond acceptors (Lipinski definition) is 2. The number of ether oxygens (including phenoxy) is 1. The van der Waals surface area contributed by atoms with Crippen LogP contribution in [0.4, 0.5) is 0 Å². The molecule has 1 heterocycles. The van der Waals surface area contributed by atoms with Crippen LogP contribution in [0, 0.1) is 0 Å². The van der Waals surface area contributed by atoms with Gasteiger partial charge in [-0.2, -0.15) is 0 Å². The molecular weight excluding hydrogens is 305 g/mol. The maximum absolute atomic E-state index is 6.24. The van der Waals surface area contributed by atoms with Crippen LogP contribution in [0.2, 0.25) is 10.0 Å². The number of benzene rings is 2. The highest BCUT2D eigenvalue weighted by Gasteiger charge is 2.24. The highest BCUT2D eigenvalue weighted by atomic mass is 35.5. The van der Waals surface area contributed by atoms with Crippen molar-refractivity contribution in [2.45, 2.75) is 18.6 Å². The molecule has 3 rings (SSSR count). The summed E-state index contributed by atoms with van der Waals surface area (Å²) >= 11 is 12.2. The second-order valence-corrected chi connectivity index (χ2v) is 6.13. The summed E-state index contributed by atoms with van der Waals surface area (Å²) in [7, 11) is 0. The number of hydrogen-bond donors (Lipinski definition) is 1. The van der Waals surface area contributed by atoms with Gasteiger partial charge in [-0.1, -0.05) is 59.6 Å². The lowest BCUT2D eigenvalue weighted by molar-refractivity contribution is 0.00313.